The van der Waals surface area contributed by atoms with E-state index < -0.39 is 27.6 Å². The first-order valence-corrected chi connectivity index (χ1v) is 13.1. The summed E-state index contributed by atoms with van der Waals surface area (Å²) in [5.41, 5.74) is 0.604. The number of nitrogens with zero attached hydrogens (tertiary/aromatic N) is 2. The normalized spacial score (nSPS) is 16.4. The Morgan fingerprint density at radius 1 is 1.20 bits per heavy atom. The highest BCUT2D eigenvalue weighted by Gasteiger charge is 2.39. The average Bonchev–Trinajstić information content (AvgIpc) is 3.54. The Hall–Kier alpha value is -3.54. The van der Waals surface area contributed by atoms with Crippen molar-refractivity contribution in [1.82, 2.24) is 9.29 Å². The SMILES string of the molecule is COc1ccc(S(=O)(=O)N2CCCC2C(=O)Nc2nc(-c3cc4ccccc4oc3=O)cs2)cc1. The number of methoxy groups -OCH3 is 1. The molecule has 5 rings (SSSR count). The maximum atomic E-state index is 13.2. The number of anilines is 1. The van der Waals surface area contributed by atoms with Crippen LogP contribution in [0.3, 0.4) is 0 Å². The summed E-state index contributed by atoms with van der Waals surface area (Å²) in [6.07, 6.45) is 0.961. The van der Waals surface area contributed by atoms with Crippen molar-refractivity contribution in [2.24, 2.45) is 0 Å². The van der Waals surface area contributed by atoms with Gasteiger partial charge in [0.05, 0.1) is 23.3 Å². The highest BCUT2D eigenvalue weighted by molar-refractivity contribution is 7.89. The summed E-state index contributed by atoms with van der Waals surface area (Å²) in [5.74, 6) is 0.0747. The van der Waals surface area contributed by atoms with Crippen molar-refractivity contribution in [3.05, 3.63) is 70.4 Å². The van der Waals surface area contributed by atoms with Gasteiger partial charge in [-0.25, -0.2) is 18.2 Å². The zero-order valence-electron chi connectivity index (χ0n) is 18.6. The molecule has 1 saturated heterocycles. The van der Waals surface area contributed by atoms with Crippen molar-refractivity contribution in [1.29, 1.82) is 0 Å². The topological polar surface area (TPSA) is 119 Å². The number of hydrogen-bond acceptors (Lipinski definition) is 8. The molecule has 1 aliphatic heterocycles. The Kier molecular flexibility index (Phi) is 6.13. The lowest BCUT2D eigenvalue weighted by atomic mass is 10.1. The van der Waals surface area contributed by atoms with Crippen molar-refractivity contribution in [3.63, 3.8) is 0 Å². The van der Waals surface area contributed by atoms with Gasteiger partial charge in [0.25, 0.3) is 0 Å². The molecule has 9 nitrogen and oxygen atoms in total. The number of hydrogen-bond donors (Lipinski definition) is 1. The van der Waals surface area contributed by atoms with Crippen molar-refractivity contribution in [2.45, 2.75) is 23.8 Å². The lowest BCUT2D eigenvalue weighted by Gasteiger charge is -2.23. The molecule has 180 valence electrons. The van der Waals surface area contributed by atoms with Crippen molar-refractivity contribution in [2.75, 3.05) is 19.0 Å². The van der Waals surface area contributed by atoms with Crippen molar-refractivity contribution in [3.8, 4) is 17.0 Å². The molecule has 11 heteroatoms. The number of rotatable bonds is 6. The third-order valence-electron chi connectivity index (χ3n) is 5.82. The van der Waals surface area contributed by atoms with Gasteiger partial charge >= 0.3 is 5.63 Å². The maximum absolute atomic E-state index is 13.2. The van der Waals surface area contributed by atoms with E-state index in [0.29, 0.717) is 29.9 Å². The Morgan fingerprint density at radius 3 is 2.74 bits per heavy atom. The minimum absolute atomic E-state index is 0.0950. The molecule has 0 aliphatic carbocycles. The van der Waals surface area contributed by atoms with E-state index in [2.05, 4.69) is 10.3 Å². The predicted octanol–water partition coefficient (Wildman–Crippen LogP) is 3.72. The fourth-order valence-electron chi connectivity index (χ4n) is 4.06. The van der Waals surface area contributed by atoms with E-state index in [4.69, 9.17) is 9.15 Å². The van der Waals surface area contributed by atoms with Crippen molar-refractivity contribution >= 4 is 43.4 Å². The zero-order chi connectivity index (χ0) is 24.6. The third kappa shape index (κ3) is 4.45. The van der Waals surface area contributed by atoms with Gasteiger partial charge in [0, 0.05) is 17.3 Å². The second-order valence-corrected chi connectivity index (χ2v) is 10.7. The van der Waals surface area contributed by atoms with Crippen LogP contribution in [-0.4, -0.2) is 43.3 Å². The van der Waals surface area contributed by atoms with E-state index in [1.165, 1.54) is 23.5 Å². The van der Waals surface area contributed by atoms with Gasteiger partial charge in [0.15, 0.2) is 5.13 Å². The Balaban J connectivity index is 1.35. The summed E-state index contributed by atoms with van der Waals surface area (Å²) in [4.78, 5) is 29.9. The van der Waals surface area contributed by atoms with Gasteiger partial charge in [-0.3, -0.25) is 4.79 Å². The van der Waals surface area contributed by atoms with Gasteiger partial charge < -0.3 is 14.5 Å². The van der Waals surface area contributed by atoms with Gasteiger partial charge in [-0.05, 0) is 49.2 Å². The molecule has 0 spiro atoms. The lowest BCUT2D eigenvalue weighted by molar-refractivity contribution is -0.119. The molecule has 1 fully saturated rings. The summed E-state index contributed by atoms with van der Waals surface area (Å²) >= 11 is 1.15. The first kappa shape index (κ1) is 23.2. The van der Waals surface area contributed by atoms with E-state index in [0.717, 1.165) is 16.7 Å². The number of carbonyl (C=O) groups excluding carboxylic acids is 1. The summed E-state index contributed by atoms with van der Waals surface area (Å²) < 4.78 is 38.0. The molecule has 1 atom stereocenters. The molecule has 1 aliphatic rings. The van der Waals surface area contributed by atoms with Crippen LogP contribution in [0.1, 0.15) is 12.8 Å². The molecule has 2 aromatic carbocycles. The highest BCUT2D eigenvalue weighted by atomic mass is 32.2. The van der Waals surface area contributed by atoms with E-state index in [1.54, 1.807) is 35.7 Å². The molecule has 1 amide bonds. The average molecular weight is 512 g/mol. The summed E-state index contributed by atoms with van der Waals surface area (Å²) in [6.45, 7) is 0.244. The van der Waals surface area contributed by atoms with Crippen LogP contribution < -0.4 is 15.7 Å². The lowest BCUT2D eigenvalue weighted by Crippen LogP contribution is -2.43. The molecule has 35 heavy (non-hydrogen) atoms. The fourth-order valence-corrected chi connectivity index (χ4v) is 6.43. The monoisotopic (exact) mass is 511 g/mol. The van der Waals surface area contributed by atoms with Gasteiger partial charge in [-0.15, -0.1) is 11.3 Å². The van der Waals surface area contributed by atoms with Crippen molar-refractivity contribution < 1.29 is 22.4 Å². The fraction of sp³-hybridized carbons (Fsp3) is 0.208. The van der Waals surface area contributed by atoms with Crippen LogP contribution in [0.25, 0.3) is 22.2 Å². The number of nitrogens with one attached hydrogen (secondary N) is 1. The second kappa shape index (κ2) is 9.25. The number of amides is 1. The Bertz CT molecular complexity index is 1560. The third-order valence-corrected chi connectivity index (χ3v) is 8.50. The zero-order valence-corrected chi connectivity index (χ0v) is 20.3. The number of thiazole rings is 1. The molecule has 1 unspecified atom stereocenters. The molecule has 0 saturated carbocycles. The van der Waals surface area contributed by atoms with Crippen LogP contribution >= 0.6 is 11.3 Å². The van der Waals surface area contributed by atoms with Gasteiger partial charge in [0.2, 0.25) is 15.9 Å². The number of benzene rings is 2. The number of fused-ring (bicyclic) bond motifs is 1. The first-order valence-electron chi connectivity index (χ1n) is 10.8. The van der Waals surface area contributed by atoms with Crippen LogP contribution in [0.2, 0.25) is 0 Å². The minimum Gasteiger partial charge on any atom is -0.497 e. The smallest absolute Gasteiger partial charge is 0.345 e. The Labute approximate surface area is 205 Å². The van der Waals surface area contributed by atoms with E-state index in [9.17, 15) is 18.0 Å². The number of aromatic nitrogens is 1. The molecule has 0 bridgehead atoms. The van der Waals surface area contributed by atoms with Crippen LogP contribution in [0, 0.1) is 0 Å². The number of ether oxygens (including phenoxy) is 1. The van der Waals surface area contributed by atoms with E-state index >= 15 is 0 Å². The largest absolute Gasteiger partial charge is 0.497 e. The summed E-state index contributed by atoms with van der Waals surface area (Å²) in [7, 11) is -2.37. The first-order chi connectivity index (χ1) is 16.9. The molecular weight excluding hydrogens is 490 g/mol. The Morgan fingerprint density at radius 2 is 1.97 bits per heavy atom. The standard InChI is InChI=1S/C24H21N3O6S2/c1-32-16-8-10-17(11-9-16)35(30,31)27-12-4-6-20(27)22(28)26-24-25-19(14-34-24)18-13-15-5-2-3-7-21(15)33-23(18)29/h2-3,5,7-11,13-14,20H,4,6,12H2,1H3,(H,25,26,28). The number of carbonyl (C=O) groups is 1. The summed E-state index contributed by atoms with van der Waals surface area (Å²) in [5, 5.41) is 5.39. The van der Waals surface area contributed by atoms with Crippen LogP contribution in [-0.2, 0) is 14.8 Å². The summed E-state index contributed by atoms with van der Waals surface area (Å²) in [6, 6.07) is 14.1. The van der Waals surface area contributed by atoms with E-state index in [-0.39, 0.29) is 22.1 Å². The maximum Gasteiger partial charge on any atom is 0.345 e. The molecular formula is C24H21N3O6S2. The van der Waals surface area contributed by atoms with Gasteiger partial charge in [0.1, 0.15) is 17.4 Å². The van der Waals surface area contributed by atoms with Gasteiger partial charge in [-0.1, -0.05) is 18.2 Å². The number of sulfonamides is 1. The van der Waals surface area contributed by atoms with Crippen LogP contribution in [0.5, 0.6) is 5.75 Å². The molecule has 4 aromatic rings. The second-order valence-electron chi connectivity index (χ2n) is 7.96. The van der Waals surface area contributed by atoms with Crippen LogP contribution in [0.4, 0.5) is 5.13 Å². The quantitative estimate of drug-likeness (QED) is 0.392. The van der Waals surface area contributed by atoms with E-state index in [1.807, 2.05) is 12.1 Å². The molecule has 2 aromatic heterocycles. The van der Waals surface area contributed by atoms with Crippen LogP contribution in [0.15, 0.2) is 74.1 Å². The molecule has 0 radical (unpaired) electrons. The molecule has 1 N–H and O–H groups in total. The number of para-hydroxylation sites is 1. The highest BCUT2D eigenvalue weighted by Crippen LogP contribution is 2.30. The minimum atomic E-state index is -3.87. The molecule has 3 heterocycles. The van der Waals surface area contributed by atoms with Gasteiger partial charge in [-0.2, -0.15) is 4.31 Å². The predicted molar refractivity (Wildman–Crippen MR) is 132 cm³/mol.